The van der Waals surface area contributed by atoms with Gasteiger partial charge < -0.3 is 5.32 Å². The lowest BCUT2D eigenvalue weighted by atomic mass is 10.1. The number of rotatable bonds is 10. The molecule has 1 saturated carbocycles. The first-order chi connectivity index (χ1) is 10.1. The monoisotopic (exact) mass is 310 g/mol. The molecule has 0 aromatic heterocycles. The highest BCUT2D eigenvalue weighted by Crippen LogP contribution is 2.18. The van der Waals surface area contributed by atoms with Gasteiger partial charge in [0, 0.05) is 11.7 Å². The van der Waals surface area contributed by atoms with Gasteiger partial charge >= 0.3 is 0 Å². The third kappa shape index (κ3) is 6.48. The van der Waals surface area contributed by atoms with Crippen molar-refractivity contribution >= 4 is 15.7 Å². The molecule has 0 saturated heterocycles. The minimum atomic E-state index is -3.23. The lowest BCUT2D eigenvalue weighted by molar-refractivity contribution is 0.593. The van der Waals surface area contributed by atoms with Crippen molar-refractivity contribution in [3.8, 4) is 0 Å². The van der Waals surface area contributed by atoms with E-state index >= 15 is 0 Å². The molecule has 1 aliphatic carbocycles. The fourth-order valence-corrected chi connectivity index (χ4v) is 3.33. The van der Waals surface area contributed by atoms with Crippen LogP contribution in [-0.4, -0.2) is 26.8 Å². The second-order valence-corrected chi connectivity index (χ2v) is 7.65. The normalized spacial score (nSPS) is 15.1. The highest BCUT2D eigenvalue weighted by atomic mass is 32.2. The molecule has 2 rings (SSSR count). The Balaban J connectivity index is 1.75. The molecular weight excluding hydrogens is 284 g/mol. The molecule has 118 valence electrons. The SMILES string of the molecule is CCCCc1ccc(NS(=O)(=O)CCCNC2CC2)cc1. The third-order valence-corrected chi connectivity index (χ3v) is 5.02. The molecule has 1 aromatic carbocycles. The number of hydrogen-bond acceptors (Lipinski definition) is 3. The molecule has 0 atom stereocenters. The van der Waals surface area contributed by atoms with Gasteiger partial charge in [-0.05, 0) is 56.3 Å². The van der Waals surface area contributed by atoms with Crippen LogP contribution in [0.4, 0.5) is 5.69 Å². The fourth-order valence-electron chi connectivity index (χ4n) is 2.21. The van der Waals surface area contributed by atoms with Gasteiger partial charge in [-0.2, -0.15) is 0 Å². The Labute approximate surface area is 128 Å². The Hall–Kier alpha value is -1.07. The summed E-state index contributed by atoms with van der Waals surface area (Å²) in [6.07, 6.45) is 6.50. The minimum absolute atomic E-state index is 0.171. The van der Waals surface area contributed by atoms with E-state index in [1.54, 1.807) is 0 Å². The van der Waals surface area contributed by atoms with Gasteiger partial charge in [0.05, 0.1) is 5.75 Å². The van der Waals surface area contributed by atoms with Crippen molar-refractivity contribution in [3.63, 3.8) is 0 Å². The van der Waals surface area contributed by atoms with E-state index in [0.29, 0.717) is 18.2 Å². The van der Waals surface area contributed by atoms with E-state index in [4.69, 9.17) is 0 Å². The van der Waals surface area contributed by atoms with Crippen LogP contribution in [-0.2, 0) is 16.4 Å². The maximum atomic E-state index is 12.0. The van der Waals surface area contributed by atoms with E-state index in [0.717, 1.165) is 13.0 Å². The highest BCUT2D eigenvalue weighted by Gasteiger charge is 2.20. The zero-order valence-corrected chi connectivity index (χ0v) is 13.6. The standard InChI is InChI=1S/C16H26N2O2S/c1-2-3-5-14-6-8-16(9-7-14)18-21(19,20)13-4-12-17-15-10-11-15/h6-9,15,17-18H,2-5,10-13H2,1H3. The number of hydrogen-bond donors (Lipinski definition) is 2. The summed E-state index contributed by atoms with van der Waals surface area (Å²) in [6, 6.07) is 8.34. The van der Waals surface area contributed by atoms with Gasteiger partial charge in [-0.1, -0.05) is 25.5 Å². The van der Waals surface area contributed by atoms with Crippen molar-refractivity contribution < 1.29 is 8.42 Å². The van der Waals surface area contributed by atoms with Gasteiger partial charge in [0.15, 0.2) is 0 Å². The van der Waals surface area contributed by atoms with E-state index in [9.17, 15) is 8.42 Å². The molecule has 0 radical (unpaired) electrons. The van der Waals surface area contributed by atoms with E-state index in [1.807, 2.05) is 24.3 Å². The lowest BCUT2D eigenvalue weighted by Crippen LogP contribution is -2.23. The summed E-state index contributed by atoms with van der Waals surface area (Å²) < 4.78 is 26.6. The summed E-state index contributed by atoms with van der Waals surface area (Å²) in [5.74, 6) is 0.171. The second-order valence-electron chi connectivity index (χ2n) is 5.80. The van der Waals surface area contributed by atoms with Gasteiger partial charge in [-0.15, -0.1) is 0 Å². The fraction of sp³-hybridized carbons (Fsp3) is 0.625. The molecule has 0 spiro atoms. The Bertz CT molecular complexity index is 522. The predicted molar refractivity (Wildman–Crippen MR) is 88.1 cm³/mol. The molecule has 0 amide bonds. The summed E-state index contributed by atoms with van der Waals surface area (Å²) in [5.41, 5.74) is 1.92. The van der Waals surface area contributed by atoms with Crippen LogP contribution >= 0.6 is 0 Å². The first-order valence-corrected chi connectivity index (χ1v) is 9.57. The summed E-state index contributed by atoms with van der Waals surface area (Å²) >= 11 is 0. The maximum absolute atomic E-state index is 12.0. The van der Waals surface area contributed by atoms with Crippen molar-refractivity contribution in [3.05, 3.63) is 29.8 Å². The molecule has 21 heavy (non-hydrogen) atoms. The Kier molecular flexibility index (Phi) is 6.06. The molecule has 1 aliphatic rings. The van der Waals surface area contributed by atoms with Crippen LogP contribution in [0, 0.1) is 0 Å². The lowest BCUT2D eigenvalue weighted by Gasteiger charge is -2.09. The zero-order chi connectivity index (χ0) is 15.1. The van der Waals surface area contributed by atoms with Crippen LogP contribution in [0.5, 0.6) is 0 Å². The molecule has 4 nitrogen and oxygen atoms in total. The van der Waals surface area contributed by atoms with Crippen molar-refractivity contribution in [2.24, 2.45) is 0 Å². The maximum Gasteiger partial charge on any atom is 0.232 e. The smallest absolute Gasteiger partial charge is 0.232 e. The van der Waals surface area contributed by atoms with Gasteiger partial charge in [0.2, 0.25) is 10.0 Å². The van der Waals surface area contributed by atoms with Gasteiger partial charge in [-0.3, -0.25) is 4.72 Å². The van der Waals surface area contributed by atoms with Crippen LogP contribution in [0.3, 0.4) is 0 Å². The molecule has 1 aromatic rings. The van der Waals surface area contributed by atoms with Crippen LogP contribution in [0.15, 0.2) is 24.3 Å². The molecule has 1 fully saturated rings. The topological polar surface area (TPSA) is 58.2 Å². The highest BCUT2D eigenvalue weighted by molar-refractivity contribution is 7.92. The summed E-state index contributed by atoms with van der Waals surface area (Å²) in [4.78, 5) is 0. The van der Waals surface area contributed by atoms with Crippen molar-refractivity contribution in [1.82, 2.24) is 5.32 Å². The van der Waals surface area contributed by atoms with Crippen molar-refractivity contribution in [2.75, 3.05) is 17.0 Å². The van der Waals surface area contributed by atoms with Gasteiger partial charge in [-0.25, -0.2) is 8.42 Å². The van der Waals surface area contributed by atoms with Gasteiger partial charge in [0.1, 0.15) is 0 Å². The average Bonchev–Trinajstić information content (AvgIpc) is 3.27. The number of nitrogens with one attached hydrogen (secondary N) is 2. The zero-order valence-electron chi connectivity index (χ0n) is 12.8. The Morgan fingerprint density at radius 3 is 2.48 bits per heavy atom. The van der Waals surface area contributed by atoms with E-state index < -0.39 is 10.0 Å². The number of unbranched alkanes of at least 4 members (excludes halogenated alkanes) is 1. The molecule has 0 aliphatic heterocycles. The van der Waals surface area contributed by atoms with Gasteiger partial charge in [0.25, 0.3) is 0 Å². The predicted octanol–water partition coefficient (Wildman–Crippen LogP) is 2.91. The van der Waals surface area contributed by atoms with Crippen molar-refractivity contribution in [2.45, 2.75) is 51.5 Å². The van der Waals surface area contributed by atoms with Crippen LogP contribution in [0.25, 0.3) is 0 Å². The Morgan fingerprint density at radius 1 is 1.14 bits per heavy atom. The quantitative estimate of drug-likeness (QED) is 0.653. The first kappa shape index (κ1) is 16.3. The molecule has 5 heteroatoms. The van der Waals surface area contributed by atoms with Crippen LogP contribution in [0.1, 0.15) is 44.6 Å². The number of sulfonamides is 1. The number of aryl methyl sites for hydroxylation is 1. The number of anilines is 1. The van der Waals surface area contributed by atoms with Crippen LogP contribution in [0.2, 0.25) is 0 Å². The van der Waals surface area contributed by atoms with E-state index in [-0.39, 0.29) is 5.75 Å². The first-order valence-electron chi connectivity index (χ1n) is 7.92. The molecule has 0 unspecified atom stereocenters. The number of benzene rings is 1. The Morgan fingerprint density at radius 2 is 1.86 bits per heavy atom. The molecule has 2 N–H and O–H groups in total. The third-order valence-electron chi connectivity index (χ3n) is 3.65. The van der Waals surface area contributed by atoms with Crippen molar-refractivity contribution in [1.29, 1.82) is 0 Å². The molecule has 0 heterocycles. The molecule has 0 bridgehead atoms. The van der Waals surface area contributed by atoms with Crippen LogP contribution < -0.4 is 10.0 Å². The largest absolute Gasteiger partial charge is 0.314 e. The molecular formula is C16H26N2O2S. The summed E-state index contributed by atoms with van der Waals surface area (Å²) in [5, 5.41) is 3.33. The van der Waals surface area contributed by atoms with E-state index in [1.165, 1.54) is 31.2 Å². The average molecular weight is 310 g/mol. The minimum Gasteiger partial charge on any atom is -0.314 e. The second kappa shape index (κ2) is 7.80. The summed E-state index contributed by atoms with van der Waals surface area (Å²) in [7, 11) is -3.23. The van der Waals surface area contributed by atoms with E-state index in [2.05, 4.69) is 17.0 Å². The summed E-state index contributed by atoms with van der Waals surface area (Å²) in [6.45, 7) is 2.95.